The Morgan fingerprint density at radius 3 is 2.63 bits per heavy atom. The molecule has 0 radical (unpaired) electrons. The first-order valence-corrected chi connectivity index (χ1v) is 11.8. The van der Waals surface area contributed by atoms with Gasteiger partial charge >= 0.3 is 6.18 Å². The highest BCUT2D eigenvalue weighted by molar-refractivity contribution is 6.01. The second-order valence-electron chi connectivity index (χ2n) is 10.3. The van der Waals surface area contributed by atoms with Crippen LogP contribution in [0.1, 0.15) is 51.2 Å². The third kappa shape index (κ3) is 3.61. The van der Waals surface area contributed by atoms with Crippen LogP contribution in [0.25, 0.3) is 11.1 Å². The van der Waals surface area contributed by atoms with E-state index in [9.17, 15) is 18.0 Å². The highest BCUT2D eigenvalue weighted by Crippen LogP contribution is 2.56. The number of Topliss-reactive ketones (excluding diaryl/α,β-unsaturated/α-hetero) is 1. The maximum Gasteiger partial charge on any atom is 0.435 e. The number of fused-ring (bicyclic) bond motifs is 1. The molecule has 0 bridgehead atoms. The fourth-order valence-corrected chi connectivity index (χ4v) is 5.96. The normalized spacial score (nSPS) is 25.5. The topological polar surface area (TPSA) is 66.7 Å². The van der Waals surface area contributed by atoms with Gasteiger partial charge < -0.3 is 5.32 Å². The number of rotatable bonds is 3. The molecule has 2 aliphatic heterocycles. The Balaban J connectivity index is 1.83. The Labute approximate surface area is 202 Å². The molecule has 3 heterocycles. The monoisotopic (exact) mass is 480 g/mol. The van der Waals surface area contributed by atoms with Gasteiger partial charge in [-0.1, -0.05) is 39.0 Å². The van der Waals surface area contributed by atoms with Gasteiger partial charge in [0.1, 0.15) is 0 Å². The minimum Gasteiger partial charge on any atom is -0.362 e. The van der Waals surface area contributed by atoms with Crippen molar-refractivity contribution >= 4 is 5.78 Å². The smallest absolute Gasteiger partial charge is 0.362 e. The summed E-state index contributed by atoms with van der Waals surface area (Å²) in [5.41, 5.74) is 1.91. The number of carbonyl (C=O) groups excluding carboxylic acids is 1. The molecule has 2 atom stereocenters. The first kappa shape index (κ1) is 23.5. The van der Waals surface area contributed by atoms with Gasteiger partial charge in [0.05, 0.1) is 5.41 Å². The molecule has 5 nitrogen and oxygen atoms in total. The zero-order valence-corrected chi connectivity index (χ0v) is 20.1. The summed E-state index contributed by atoms with van der Waals surface area (Å²) in [4.78, 5) is 17.8. The van der Waals surface area contributed by atoms with E-state index >= 15 is 0 Å². The number of azo groups is 1. The number of pyridine rings is 1. The van der Waals surface area contributed by atoms with E-state index in [1.165, 1.54) is 0 Å². The Kier molecular flexibility index (Phi) is 5.27. The van der Waals surface area contributed by atoms with Crippen molar-refractivity contribution in [3.05, 3.63) is 76.4 Å². The van der Waals surface area contributed by atoms with Gasteiger partial charge in [-0.05, 0) is 59.6 Å². The first-order chi connectivity index (χ1) is 16.5. The van der Waals surface area contributed by atoms with Crippen LogP contribution < -0.4 is 5.32 Å². The summed E-state index contributed by atoms with van der Waals surface area (Å²) >= 11 is 0. The lowest BCUT2D eigenvalue weighted by molar-refractivity contribution is -0.119. The summed E-state index contributed by atoms with van der Waals surface area (Å²) in [6, 6.07) is 9.39. The molecular weight excluding hydrogens is 453 g/mol. The van der Waals surface area contributed by atoms with Crippen LogP contribution in [-0.2, 0) is 10.2 Å². The van der Waals surface area contributed by atoms with Gasteiger partial charge in [-0.3, -0.25) is 9.78 Å². The van der Waals surface area contributed by atoms with Crippen LogP contribution in [0.4, 0.5) is 13.2 Å². The van der Waals surface area contributed by atoms with Crippen LogP contribution in [0.2, 0.25) is 0 Å². The zero-order chi connectivity index (χ0) is 25.2. The minimum absolute atomic E-state index is 0.0166. The number of hydrogen-bond donors (Lipinski definition) is 1. The van der Waals surface area contributed by atoms with Gasteiger partial charge in [-0.25, -0.2) is 0 Å². The number of aromatic nitrogens is 1. The van der Waals surface area contributed by atoms with Crippen molar-refractivity contribution in [2.45, 2.75) is 64.7 Å². The molecule has 3 aliphatic rings. The number of ketones is 1. The fraction of sp³-hybridized carbons (Fsp3) is 0.407. The predicted molar refractivity (Wildman–Crippen MR) is 126 cm³/mol. The molecule has 0 fully saturated rings. The Hall–Kier alpha value is -3.29. The number of aryl methyl sites for hydroxylation is 1. The van der Waals surface area contributed by atoms with Crippen molar-refractivity contribution in [1.82, 2.24) is 10.3 Å². The van der Waals surface area contributed by atoms with Gasteiger partial charge in [-0.2, -0.15) is 18.3 Å². The number of halogens is 3. The fourth-order valence-electron chi connectivity index (χ4n) is 5.96. The minimum atomic E-state index is -4.69. The summed E-state index contributed by atoms with van der Waals surface area (Å²) in [6.07, 6.45) is -1.11. The summed E-state index contributed by atoms with van der Waals surface area (Å²) in [5.74, 6) is -0.129. The molecule has 1 aromatic carbocycles. The lowest BCUT2D eigenvalue weighted by atomic mass is 9.58. The van der Waals surface area contributed by atoms with Gasteiger partial charge in [0.25, 0.3) is 0 Å². The SMILES string of the molecule is CCC1(c2cccc(-c3ccncc3C)c2)C2=C(CC(C)(C)CC2=O)NC2N=NC(C(F)(F)F)=C21. The molecule has 0 saturated heterocycles. The number of benzene rings is 1. The van der Waals surface area contributed by atoms with E-state index in [0.717, 1.165) is 16.7 Å². The van der Waals surface area contributed by atoms with Gasteiger partial charge in [-0.15, -0.1) is 5.11 Å². The molecule has 182 valence electrons. The van der Waals surface area contributed by atoms with E-state index in [2.05, 4.69) is 20.5 Å². The van der Waals surface area contributed by atoms with Crippen molar-refractivity contribution in [3.8, 4) is 11.1 Å². The highest BCUT2D eigenvalue weighted by atomic mass is 19.4. The van der Waals surface area contributed by atoms with Crippen molar-refractivity contribution in [1.29, 1.82) is 0 Å². The van der Waals surface area contributed by atoms with E-state index in [-0.39, 0.29) is 29.6 Å². The first-order valence-electron chi connectivity index (χ1n) is 11.8. The third-order valence-electron chi connectivity index (χ3n) is 7.36. The maximum atomic E-state index is 14.2. The van der Waals surface area contributed by atoms with Crippen LogP contribution in [0.3, 0.4) is 0 Å². The molecule has 1 aliphatic carbocycles. The lowest BCUT2D eigenvalue weighted by Gasteiger charge is -2.48. The number of alkyl halides is 3. The van der Waals surface area contributed by atoms with Crippen molar-refractivity contribution < 1.29 is 18.0 Å². The number of nitrogens with zero attached hydrogens (tertiary/aromatic N) is 3. The van der Waals surface area contributed by atoms with E-state index in [1.807, 2.05) is 58.0 Å². The molecule has 2 unspecified atom stereocenters. The number of allylic oxidation sites excluding steroid dienone is 3. The van der Waals surface area contributed by atoms with Crippen LogP contribution >= 0.6 is 0 Å². The molecular formula is C27H27F3N4O. The molecule has 0 saturated carbocycles. The third-order valence-corrected chi connectivity index (χ3v) is 7.36. The van der Waals surface area contributed by atoms with Crippen LogP contribution in [0, 0.1) is 12.3 Å². The second kappa shape index (κ2) is 7.86. The van der Waals surface area contributed by atoms with E-state index in [4.69, 9.17) is 0 Å². The van der Waals surface area contributed by atoms with E-state index in [0.29, 0.717) is 23.3 Å². The average Bonchev–Trinajstić information content (AvgIpc) is 3.22. The second-order valence-corrected chi connectivity index (χ2v) is 10.3. The standard InChI is InChI=1S/C27H27F3N4O/c1-5-26(17-8-6-7-16(11-17)18-9-10-31-14-15(18)2)21-19(12-25(3,4)13-20(21)35)32-24-22(26)23(33-34-24)27(28,29)30/h6-11,14,24,32H,5,12-13H2,1-4H3. The van der Waals surface area contributed by atoms with Gasteiger partial charge in [0.2, 0.25) is 0 Å². The highest BCUT2D eigenvalue weighted by Gasteiger charge is 2.57. The number of hydrogen-bond acceptors (Lipinski definition) is 5. The molecule has 5 rings (SSSR count). The van der Waals surface area contributed by atoms with Gasteiger partial charge in [0.15, 0.2) is 17.6 Å². The number of nitrogens with one attached hydrogen (secondary N) is 1. The molecule has 1 aromatic heterocycles. The predicted octanol–water partition coefficient (Wildman–Crippen LogP) is 6.56. The molecule has 2 aromatic rings. The van der Waals surface area contributed by atoms with Crippen LogP contribution in [0.5, 0.6) is 0 Å². The molecule has 0 amide bonds. The van der Waals surface area contributed by atoms with E-state index in [1.54, 1.807) is 12.4 Å². The quantitative estimate of drug-likeness (QED) is 0.541. The Bertz CT molecular complexity index is 1320. The molecule has 0 spiro atoms. The van der Waals surface area contributed by atoms with Crippen molar-refractivity contribution in [3.63, 3.8) is 0 Å². The number of carbonyl (C=O) groups is 1. The summed E-state index contributed by atoms with van der Waals surface area (Å²) < 4.78 is 42.7. The average molecular weight is 481 g/mol. The van der Waals surface area contributed by atoms with Crippen LogP contribution in [-0.4, -0.2) is 23.1 Å². The summed E-state index contributed by atoms with van der Waals surface area (Å²) in [7, 11) is 0. The summed E-state index contributed by atoms with van der Waals surface area (Å²) in [6.45, 7) is 7.78. The largest absolute Gasteiger partial charge is 0.435 e. The van der Waals surface area contributed by atoms with Crippen molar-refractivity contribution in [2.24, 2.45) is 15.6 Å². The van der Waals surface area contributed by atoms with Crippen LogP contribution in [0.15, 0.2) is 75.5 Å². The van der Waals surface area contributed by atoms with Crippen molar-refractivity contribution in [2.75, 3.05) is 0 Å². The lowest BCUT2D eigenvalue weighted by Crippen LogP contribution is -2.52. The molecule has 35 heavy (non-hydrogen) atoms. The Morgan fingerprint density at radius 1 is 1.17 bits per heavy atom. The summed E-state index contributed by atoms with van der Waals surface area (Å²) in [5, 5.41) is 10.8. The maximum absolute atomic E-state index is 14.2. The molecule has 1 N–H and O–H groups in total. The van der Waals surface area contributed by atoms with E-state index < -0.39 is 23.5 Å². The van der Waals surface area contributed by atoms with Gasteiger partial charge in [0, 0.05) is 35.7 Å². The zero-order valence-electron chi connectivity index (χ0n) is 20.1. The molecule has 8 heteroatoms. The Morgan fingerprint density at radius 2 is 1.94 bits per heavy atom.